The lowest BCUT2D eigenvalue weighted by molar-refractivity contribution is -0.145. The quantitative estimate of drug-likeness (QED) is 0.912. The number of hydrogen-bond donors (Lipinski definition) is 1. The van der Waals surface area contributed by atoms with Crippen molar-refractivity contribution in [2.45, 2.75) is 25.7 Å². The van der Waals surface area contributed by atoms with Crippen molar-refractivity contribution in [1.29, 1.82) is 0 Å². The van der Waals surface area contributed by atoms with Crippen LogP contribution in [0.15, 0.2) is 15.9 Å². The van der Waals surface area contributed by atoms with Crippen LogP contribution in [0.3, 0.4) is 0 Å². The van der Waals surface area contributed by atoms with E-state index in [0.717, 1.165) is 17.3 Å². The molecule has 1 amide bonds. The zero-order valence-corrected chi connectivity index (χ0v) is 12.9. The van der Waals surface area contributed by atoms with Gasteiger partial charge in [-0.15, -0.1) is 11.3 Å². The van der Waals surface area contributed by atoms with Gasteiger partial charge in [0.2, 0.25) is 5.91 Å². The number of carboxylic acid groups (broad SMARTS) is 1. The molecular weight excluding hydrogens is 330 g/mol. The monoisotopic (exact) mass is 345 g/mol. The summed E-state index contributed by atoms with van der Waals surface area (Å²) < 4.78 is 1.05. The van der Waals surface area contributed by atoms with Crippen molar-refractivity contribution in [1.82, 2.24) is 4.90 Å². The van der Waals surface area contributed by atoms with Crippen LogP contribution >= 0.6 is 27.3 Å². The van der Waals surface area contributed by atoms with Crippen LogP contribution in [0.2, 0.25) is 0 Å². The number of carbonyl (C=O) groups is 2. The Labute approximate surface area is 124 Å². The molecule has 1 aliphatic heterocycles. The fraction of sp³-hybridized carbons (Fsp3) is 0.538. The molecule has 0 aliphatic carbocycles. The normalized spacial score (nSPS) is 19.4. The molecule has 1 fully saturated rings. The molecule has 1 aromatic heterocycles. The average molecular weight is 346 g/mol. The lowest BCUT2D eigenvalue weighted by atomic mass is 9.98. The second-order valence-corrected chi connectivity index (χ2v) is 6.66. The van der Waals surface area contributed by atoms with Crippen molar-refractivity contribution in [3.05, 3.63) is 20.8 Å². The number of carboxylic acids is 1. The van der Waals surface area contributed by atoms with Crippen LogP contribution in [0.1, 0.15) is 24.1 Å². The molecule has 1 atom stereocenters. The van der Waals surface area contributed by atoms with E-state index in [1.54, 1.807) is 16.2 Å². The topological polar surface area (TPSA) is 57.6 Å². The molecule has 2 heterocycles. The molecular formula is C13H16BrNO3S. The number of aryl methyl sites for hydroxylation is 1. The van der Waals surface area contributed by atoms with Crippen molar-refractivity contribution in [2.24, 2.45) is 5.92 Å². The average Bonchev–Trinajstić information content (AvgIpc) is 2.82. The largest absolute Gasteiger partial charge is 0.481 e. The first-order chi connectivity index (χ1) is 9.06. The van der Waals surface area contributed by atoms with Gasteiger partial charge in [-0.3, -0.25) is 9.59 Å². The third-order valence-corrected chi connectivity index (χ3v) is 5.09. The van der Waals surface area contributed by atoms with E-state index in [4.69, 9.17) is 5.11 Å². The zero-order chi connectivity index (χ0) is 13.8. The molecule has 0 spiro atoms. The van der Waals surface area contributed by atoms with E-state index in [1.807, 2.05) is 11.4 Å². The second-order valence-electron chi connectivity index (χ2n) is 4.75. The third kappa shape index (κ3) is 4.04. The van der Waals surface area contributed by atoms with Crippen LogP contribution in [0.25, 0.3) is 0 Å². The van der Waals surface area contributed by atoms with Gasteiger partial charge in [-0.2, -0.15) is 0 Å². The number of carbonyl (C=O) groups excluding carboxylic acids is 1. The van der Waals surface area contributed by atoms with E-state index < -0.39 is 11.9 Å². The highest BCUT2D eigenvalue weighted by molar-refractivity contribution is 9.10. The SMILES string of the molecule is O=C(O)C1CCCN(C(=O)CCc2cc(Br)cs2)C1. The van der Waals surface area contributed by atoms with E-state index in [2.05, 4.69) is 15.9 Å². The molecule has 2 rings (SSSR count). The molecule has 19 heavy (non-hydrogen) atoms. The minimum atomic E-state index is -0.792. The van der Waals surface area contributed by atoms with Gasteiger partial charge in [0.1, 0.15) is 0 Å². The first kappa shape index (κ1) is 14.5. The number of nitrogens with zero attached hydrogens (tertiary/aromatic N) is 1. The Bertz CT molecular complexity index is 474. The first-order valence-corrected chi connectivity index (χ1v) is 7.97. The predicted molar refractivity (Wildman–Crippen MR) is 77.3 cm³/mol. The molecule has 0 bridgehead atoms. The summed E-state index contributed by atoms with van der Waals surface area (Å²) >= 11 is 5.02. The third-order valence-electron chi connectivity index (χ3n) is 3.33. The lowest BCUT2D eigenvalue weighted by Gasteiger charge is -2.30. The molecule has 104 valence electrons. The molecule has 0 aromatic carbocycles. The maximum atomic E-state index is 12.1. The van der Waals surface area contributed by atoms with Crippen LogP contribution in [-0.4, -0.2) is 35.0 Å². The summed E-state index contributed by atoms with van der Waals surface area (Å²) in [4.78, 5) is 25.9. The smallest absolute Gasteiger partial charge is 0.308 e. The van der Waals surface area contributed by atoms with Crippen LogP contribution in [0.4, 0.5) is 0 Å². The summed E-state index contributed by atoms with van der Waals surface area (Å²) in [6.45, 7) is 1.05. The number of likely N-dealkylation sites (tertiary alicyclic amines) is 1. The van der Waals surface area contributed by atoms with Crippen LogP contribution < -0.4 is 0 Å². The summed E-state index contributed by atoms with van der Waals surface area (Å²) in [6, 6.07) is 2.02. The van der Waals surface area contributed by atoms with E-state index in [1.165, 1.54) is 4.88 Å². The van der Waals surface area contributed by atoms with Crippen LogP contribution in [0.5, 0.6) is 0 Å². The van der Waals surface area contributed by atoms with Gasteiger partial charge >= 0.3 is 5.97 Å². The van der Waals surface area contributed by atoms with Crippen LogP contribution in [-0.2, 0) is 16.0 Å². The Morgan fingerprint density at radius 1 is 1.53 bits per heavy atom. The highest BCUT2D eigenvalue weighted by atomic mass is 79.9. The number of hydrogen-bond acceptors (Lipinski definition) is 3. The van der Waals surface area contributed by atoms with E-state index in [-0.39, 0.29) is 5.91 Å². The molecule has 0 radical (unpaired) electrons. The number of thiophene rings is 1. The van der Waals surface area contributed by atoms with Crippen molar-refractivity contribution >= 4 is 39.1 Å². The van der Waals surface area contributed by atoms with E-state index in [0.29, 0.717) is 25.9 Å². The number of amides is 1. The molecule has 1 saturated heterocycles. The highest BCUT2D eigenvalue weighted by Crippen LogP contribution is 2.22. The predicted octanol–water partition coefficient (Wildman–Crippen LogP) is 2.77. The lowest BCUT2D eigenvalue weighted by Crippen LogP contribution is -2.42. The molecule has 0 saturated carbocycles. The molecule has 4 nitrogen and oxygen atoms in total. The minimum Gasteiger partial charge on any atom is -0.481 e. The fourth-order valence-corrected chi connectivity index (χ4v) is 3.73. The zero-order valence-electron chi connectivity index (χ0n) is 10.5. The number of rotatable bonds is 4. The van der Waals surface area contributed by atoms with Gasteiger partial charge in [-0.05, 0) is 41.3 Å². The minimum absolute atomic E-state index is 0.0653. The standard InChI is InChI=1S/C13H16BrNO3S/c14-10-6-11(19-8-10)3-4-12(16)15-5-1-2-9(7-15)13(17)18/h6,8-9H,1-5,7H2,(H,17,18). The van der Waals surface area contributed by atoms with Gasteiger partial charge in [0, 0.05) is 34.2 Å². The van der Waals surface area contributed by atoms with Crippen molar-refractivity contribution in [3.8, 4) is 0 Å². The molecule has 1 aromatic rings. The summed E-state index contributed by atoms with van der Waals surface area (Å²) in [5.41, 5.74) is 0. The Hall–Kier alpha value is -0.880. The second kappa shape index (κ2) is 6.52. The first-order valence-electron chi connectivity index (χ1n) is 6.30. The van der Waals surface area contributed by atoms with E-state index in [9.17, 15) is 9.59 Å². The number of halogens is 1. The van der Waals surface area contributed by atoms with Crippen molar-refractivity contribution in [3.63, 3.8) is 0 Å². The summed E-state index contributed by atoms with van der Waals surface area (Å²) in [5.74, 6) is -1.12. The van der Waals surface area contributed by atoms with Crippen molar-refractivity contribution in [2.75, 3.05) is 13.1 Å². The summed E-state index contributed by atoms with van der Waals surface area (Å²) in [7, 11) is 0. The Balaban J connectivity index is 1.84. The Kier molecular flexibility index (Phi) is 4.99. The van der Waals surface area contributed by atoms with Crippen molar-refractivity contribution < 1.29 is 14.7 Å². The Morgan fingerprint density at radius 3 is 2.95 bits per heavy atom. The highest BCUT2D eigenvalue weighted by Gasteiger charge is 2.27. The van der Waals surface area contributed by atoms with Gasteiger partial charge in [0.15, 0.2) is 0 Å². The summed E-state index contributed by atoms with van der Waals surface area (Å²) in [5, 5.41) is 11.0. The van der Waals surface area contributed by atoms with Gasteiger partial charge in [0.25, 0.3) is 0 Å². The van der Waals surface area contributed by atoms with Gasteiger partial charge in [0.05, 0.1) is 5.92 Å². The number of aliphatic carboxylic acids is 1. The maximum absolute atomic E-state index is 12.1. The molecule has 1 N–H and O–H groups in total. The molecule has 1 unspecified atom stereocenters. The van der Waals surface area contributed by atoms with Gasteiger partial charge in [-0.1, -0.05) is 0 Å². The number of piperidine rings is 1. The fourth-order valence-electron chi connectivity index (χ4n) is 2.28. The Morgan fingerprint density at radius 2 is 2.32 bits per heavy atom. The van der Waals surface area contributed by atoms with Gasteiger partial charge in [-0.25, -0.2) is 0 Å². The molecule has 6 heteroatoms. The van der Waals surface area contributed by atoms with E-state index >= 15 is 0 Å². The molecule has 1 aliphatic rings. The van der Waals surface area contributed by atoms with Crippen LogP contribution in [0, 0.1) is 5.92 Å². The maximum Gasteiger partial charge on any atom is 0.308 e. The summed E-state index contributed by atoms with van der Waals surface area (Å²) in [6.07, 6.45) is 2.65. The van der Waals surface area contributed by atoms with Gasteiger partial charge < -0.3 is 10.0 Å².